The van der Waals surface area contributed by atoms with Crippen LogP contribution < -0.4 is 20.0 Å². The lowest BCUT2D eigenvalue weighted by atomic mass is 9.52. The zero-order valence-corrected chi connectivity index (χ0v) is 54.2. The maximum Gasteiger partial charge on any atom is 0.131 e. The third-order valence-electron chi connectivity index (χ3n) is 21.7. The molecule has 0 radical (unpaired) electrons. The van der Waals surface area contributed by atoms with E-state index in [1.54, 1.807) is 0 Å². The van der Waals surface area contributed by atoms with Gasteiger partial charge in [0.15, 0.2) is 0 Å². The maximum atomic E-state index is 4.16. The molecule has 4 aliphatic rings. The predicted molar refractivity (Wildman–Crippen MR) is 411 cm³/mol. The van der Waals surface area contributed by atoms with Crippen molar-refractivity contribution in [1.82, 2.24) is 0 Å². The van der Waals surface area contributed by atoms with Crippen LogP contribution in [0.15, 0.2) is 376 Å². The first kappa shape index (κ1) is 56.6. The lowest BCUT2D eigenvalue weighted by Crippen LogP contribution is -2.43. The van der Waals surface area contributed by atoms with Crippen LogP contribution in [0.3, 0.4) is 0 Å². The Kier molecular flexibility index (Phi) is 12.8. The van der Waals surface area contributed by atoms with E-state index in [9.17, 15) is 0 Å². The number of para-hydroxylation sites is 6. The summed E-state index contributed by atoms with van der Waals surface area (Å²) in [6, 6.07) is 140. The Morgan fingerprint density at radius 1 is 0.253 bits per heavy atom. The molecular formula is C95H64N4. The Hall–Kier alpha value is -12.8. The van der Waals surface area contributed by atoms with Crippen molar-refractivity contribution in [3.8, 4) is 44.5 Å². The van der Waals surface area contributed by atoms with Gasteiger partial charge in [-0.25, -0.2) is 0 Å². The van der Waals surface area contributed by atoms with Crippen molar-refractivity contribution in [3.63, 3.8) is 0 Å². The van der Waals surface area contributed by atoms with Gasteiger partial charge in [-0.15, -0.1) is 0 Å². The second-order valence-electron chi connectivity index (χ2n) is 26.6. The second-order valence-corrected chi connectivity index (χ2v) is 26.6. The summed E-state index contributed by atoms with van der Waals surface area (Å²) in [5, 5.41) is 8.78. The fourth-order valence-electron chi connectivity index (χ4n) is 17.7. The number of nitrogens with zero attached hydrogens (tertiary/aromatic N) is 3. The summed E-state index contributed by atoms with van der Waals surface area (Å²) >= 11 is 0. The highest BCUT2D eigenvalue weighted by atomic mass is 15.3. The van der Waals surface area contributed by atoms with Crippen molar-refractivity contribution in [2.75, 3.05) is 20.0 Å². The van der Waals surface area contributed by atoms with Gasteiger partial charge in [0.1, 0.15) is 6.17 Å². The van der Waals surface area contributed by atoms with Crippen molar-refractivity contribution >= 4 is 72.7 Å². The summed E-state index contributed by atoms with van der Waals surface area (Å²) in [7, 11) is 0. The van der Waals surface area contributed by atoms with E-state index >= 15 is 0 Å². The Morgan fingerprint density at radius 2 is 0.616 bits per heavy atom. The van der Waals surface area contributed by atoms with Crippen LogP contribution in [-0.4, -0.2) is 0 Å². The van der Waals surface area contributed by atoms with Gasteiger partial charge in [-0.1, -0.05) is 279 Å². The number of rotatable bonds is 10. The molecule has 1 N–H and O–H groups in total. The van der Waals surface area contributed by atoms with Gasteiger partial charge < -0.3 is 20.0 Å². The minimum Gasteiger partial charge on any atom is -0.359 e. The maximum absolute atomic E-state index is 4.16. The van der Waals surface area contributed by atoms with E-state index in [2.05, 4.69) is 396 Å². The van der Waals surface area contributed by atoms with Gasteiger partial charge >= 0.3 is 0 Å². The van der Waals surface area contributed by atoms with Crippen molar-refractivity contribution in [2.24, 2.45) is 0 Å². The quantitative estimate of drug-likeness (QED) is 0.138. The minimum absolute atomic E-state index is 0.290. The molecule has 4 heteroatoms. The van der Waals surface area contributed by atoms with Crippen LogP contribution in [0, 0.1) is 0 Å². The fraction of sp³-hybridized carbons (Fsp3) is 0.0316. The largest absolute Gasteiger partial charge is 0.359 e. The second kappa shape index (κ2) is 22.4. The molecular weight excluding hydrogens is 1200 g/mol. The molecule has 2 spiro atoms. The SMILES string of the molecule is c1ccc(N(c2ccccc2)c2ccc(-c3ccc(N(c4ccccc4)c4c5ccccc5c(C5Nc6ccccc6N5c5ccccc5)c5cc(-c6ccc7c(c6)C6(c8ccccc8-c8ccccc86)c6ccccc6C76c7ccccc7-c7ccccc76)ccc45)cc3)cc2)cc1. The third-order valence-corrected chi connectivity index (χ3v) is 21.7. The van der Waals surface area contributed by atoms with Gasteiger partial charge in [0.25, 0.3) is 0 Å². The van der Waals surface area contributed by atoms with Crippen LogP contribution in [0.2, 0.25) is 0 Å². The first-order valence-electron chi connectivity index (χ1n) is 34.4. The summed E-state index contributed by atoms with van der Waals surface area (Å²) in [6.45, 7) is 0. The smallest absolute Gasteiger partial charge is 0.131 e. The molecule has 99 heavy (non-hydrogen) atoms. The van der Waals surface area contributed by atoms with E-state index in [0.29, 0.717) is 0 Å². The molecule has 1 aliphatic heterocycles. The van der Waals surface area contributed by atoms with E-state index in [-0.39, 0.29) is 6.17 Å². The van der Waals surface area contributed by atoms with E-state index in [1.807, 2.05) is 0 Å². The molecule has 16 aromatic rings. The van der Waals surface area contributed by atoms with E-state index in [0.717, 1.165) is 89.6 Å². The average Bonchev–Trinajstić information content (AvgIpc) is 1.54. The summed E-state index contributed by atoms with van der Waals surface area (Å²) in [4.78, 5) is 7.32. The number of benzene rings is 16. The highest BCUT2D eigenvalue weighted by Crippen LogP contribution is 2.68. The summed E-state index contributed by atoms with van der Waals surface area (Å²) in [5.41, 5.74) is 30.2. The van der Waals surface area contributed by atoms with Gasteiger partial charge in [-0.3, -0.25) is 0 Å². The van der Waals surface area contributed by atoms with Crippen LogP contribution in [0.1, 0.15) is 56.2 Å². The molecule has 20 rings (SSSR count). The normalized spacial score (nSPS) is 14.4. The van der Waals surface area contributed by atoms with Gasteiger partial charge in [-0.05, 0) is 197 Å². The molecule has 4 nitrogen and oxygen atoms in total. The third kappa shape index (κ3) is 8.33. The zero-order chi connectivity index (χ0) is 65.2. The lowest BCUT2D eigenvalue weighted by Gasteiger charge is -2.49. The fourth-order valence-corrected chi connectivity index (χ4v) is 17.7. The molecule has 3 aliphatic carbocycles. The minimum atomic E-state index is -0.644. The molecule has 464 valence electrons. The average molecular weight is 1260 g/mol. The Morgan fingerprint density at radius 3 is 1.15 bits per heavy atom. The summed E-state index contributed by atoms with van der Waals surface area (Å²) in [5.74, 6) is 0. The van der Waals surface area contributed by atoms with Crippen molar-refractivity contribution < 1.29 is 0 Å². The van der Waals surface area contributed by atoms with Gasteiger partial charge in [0.2, 0.25) is 0 Å². The molecule has 0 aromatic heterocycles. The van der Waals surface area contributed by atoms with Crippen LogP contribution in [0.4, 0.5) is 51.2 Å². The monoisotopic (exact) mass is 1260 g/mol. The summed E-state index contributed by atoms with van der Waals surface area (Å²) in [6.07, 6.45) is -0.290. The van der Waals surface area contributed by atoms with Crippen molar-refractivity contribution in [3.05, 3.63) is 426 Å². The molecule has 0 fully saturated rings. The predicted octanol–water partition coefficient (Wildman–Crippen LogP) is 24.6. The summed E-state index contributed by atoms with van der Waals surface area (Å²) < 4.78 is 0. The number of nitrogens with one attached hydrogen (secondary N) is 1. The molecule has 1 atom stereocenters. The molecule has 0 bridgehead atoms. The zero-order valence-electron chi connectivity index (χ0n) is 54.2. The first-order valence-corrected chi connectivity index (χ1v) is 34.4. The van der Waals surface area contributed by atoms with Crippen LogP contribution >= 0.6 is 0 Å². The standard InChI is InChI=1S/C95H64N4/c1-5-27-67(28-6-1)97(68-29-7-2-8-30-68)71-55-49-63(50-56-71)64-51-57-72(58-52-64)98(69-31-9-3-10-32-69)92-78-40-14-13-39-77(78)91(93-96-89-47-25-26-48-90(89)99(93)70-33-11-4-12-34-70)80-61-65(53-59-79(80)92)66-54-60-87-88(62-66)95(83-43-21-17-37-75(83)76-38-18-22-44-84(76)95)86-46-24-23-45-85(86)94(87)81-41-19-15-35-73(81)74-36-16-20-42-82(74)94/h1-62,93,96H. The molecule has 1 unspecified atom stereocenters. The lowest BCUT2D eigenvalue weighted by molar-refractivity contribution is 0.633. The van der Waals surface area contributed by atoms with Gasteiger partial charge in [-0.2, -0.15) is 0 Å². The van der Waals surface area contributed by atoms with Crippen LogP contribution in [0.25, 0.3) is 66.1 Å². The topological polar surface area (TPSA) is 21.8 Å². The Labute approximate surface area is 576 Å². The molecule has 1 heterocycles. The molecule has 0 saturated carbocycles. The van der Waals surface area contributed by atoms with E-state index in [1.165, 1.54) is 77.7 Å². The number of anilines is 9. The van der Waals surface area contributed by atoms with Gasteiger partial charge in [0, 0.05) is 50.5 Å². The van der Waals surface area contributed by atoms with Crippen LogP contribution in [0.5, 0.6) is 0 Å². The molecule has 16 aromatic carbocycles. The highest BCUT2D eigenvalue weighted by molar-refractivity contribution is 6.18. The number of fused-ring (bicyclic) bond motifs is 19. The van der Waals surface area contributed by atoms with Crippen molar-refractivity contribution in [2.45, 2.75) is 17.0 Å². The Bertz CT molecular complexity index is 5720. The highest BCUT2D eigenvalue weighted by Gasteiger charge is 2.59. The molecule has 0 saturated heterocycles. The van der Waals surface area contributed by atoms with Crippen molar-refractivity contribution in [1.29, 1.82) is 0 Å². The molecule has 0 amide bonds. The first-order chi connectivity index (χ1) is 49.1. The number of hydrogen-bond donors (Lipinski definition) is 1. The number of hydrogen-bond acceptors (Lipinski definition) is 4. The van der Waals surface area contributed by atoms with Crippen LogP contribution in [-0.2, 0) is 10.8 Å². The Balaban J connectivity index is 0.818. The van der Waals surface area contributed by atoms with E-state index in [4.69, 9.17) is 0 Å². The van der Waals surface area contributed by atoms with E-state index < -0.39 is 10.8 Å². The van der Waals surface area contributed by atoms with Gasteiger partial charge in [0.05, 0.1) is 27.9 Å².